The van der Waals surface area contributed by atoms with Crippen LogP contribution < -0.4 is 10.4 Å². The third kappa shape index (κ3) is 4.15. The Hall–Kier alpha value is -2.31. The summed E-state index contributed by atoms with van der Waals surface area (Å²) >= 11 is 1.53. The molecule has 0 saturated carbocycles. The average Bonchev–Trinajstić information content (AvgIpc) is 2.62. The molecule has 5 nitrogen and oxygen atoms in total. The average molecular weight is 342 g/mol. The highest BCUT2D eigenvalue weighted by Crippen LogP contribution is 2.34. The van der Waals surface area contributed by atoms with Gasteiger partial charge in [-0.15, -0.1) is 11.8 Å². The summed E-state index contributed by atoms with van der Waals surface area (Å²) in [5, 5.41) is 0. The number of rotatable bonds is 6. The van der Waals surface area contributed by atoms with Crippen LogP contribution in [0.15, 0.2) is 59.5 Å². The van der Waals surface area contributed by atoms with Crippen molar-refractivity contribution in [2.24, 2.45) is 0 Å². The van der Waals surface area contributed by atoms with Gasteiger partial charge in [0.2, 0.25) is 11.8 Å². The quantitative estimate of drug-likeness (QED) is 0.820. The highest BCUT2D eigenvalue weighted by molar-refractivity contribution is 8.00. The van der Waals surface area contributed by atoms with Gasteiger partial charge in [-0.3, -0.25) is 14.4 Å². The first-order valence-electron chi connectivity index (χ1n) is 7.71. The lowest BCUT2D eigenvalue weighted by molar-refractivity contribution is -0.134. The van der Waals surface area contributed by atoms with Gasteiger partial charge in [0.05, 0.1) is 18.0 Å². The number of nitrogens with one attached hydrogen (secondary N) is 1. The Labute approximate surface area is 144 Å². The Morgan fingerprint density at radius 2 is 1.88 bits per heavy atom. The van der Waals surface area contributed by atoms with Gasteiger partial charge >= 0.3 is 0 Å². The second-order valence-corrected chi connectivity index (χ2v) is 6.37. The Balaban J connectivity index is 1.48. The molecule has 6 heteroatoms. The van der Waals surface area contributed by atoms with Crippen LogP contribution in [0.2, 0.25) is 0 Å². The summed E-state index contributed by atoms with van der Waals surface area (Å²) in [6.07, 6.45) is 0.194. The minimum absolute atomic E-state index is 0.0247. The van der Waals surface area contributed by atoms with Gasteiger partial charge in [-0.05, 0) is 17.7 Å². The lowest BCUT2D eigenvalue weighted by Crippen LogP contribution is -2.38. The topological polar surface area (TPSA) is 58.6 Å². The molecule has 0 aliphatic carbocycles. The molecule has 1 N–H and O–H groups in total. The van der Waals surface area contributed by atoms with Crippen molar-refractivity contribution >= 4 is 29.3 Å². The number of benzene rings is 2. The van der Waals surface area contributed by atoms with E-state index in [1.165, 1.54) is 11.8 Å². The smallest absolute Gasteiger partial charge is 0.245 e. The first-order chi connectivity index (χ1) is 11.7. The zero-order chi connectivity index (χ0) is 16.8. The fourth-order valence-electron chi connectivity index (χ4n) is 2.44. The van der Waals surface area contributed by atoms with Crippen molar-refractivity contribution in [3.05, 3.63) is 60.2 Å². The summed E-state index contributed by atoms with van der Waals surface area (Å²) in [5.74, 6) is 0.189. The second-order valence-electron chi connectivity index (χ2n) is 5.35. The number of amides is 2. The number of para-hydroxylation sites is 1. The molecule has 0 unspecified atom stereocenters. The fraction of sp³-hybridized carbons (Fsp3) is 0.222. The molecule has 0 atom stereocenters. The van der Waals surface area contributed by atoms with Crippen molar-refractivity contribution < 1.29 is 14.4 Å². The summed E-state index contributed by atoms with van der Waals surface area (Å²) in [6.45, 7) is 0.658. The van der Waals surface area contributed by atoms with Crippen LogP contribution >= 0.6 is 11.8 Å². The summed E-state index contributed by atoms with van der Waals surface area (Å²) in [7, 11) is 0. The number of carbonyl (C=O) groups excluding carboxylic acids is 2. The molecule has 1 aliphatic rings. The van der Waals surface area contributed by atoms with Gasteiger partial charge in [-0.25, -0.2) is 5.48 Å². The van der Waals surface area contributed by atoms with E-state index in [1.807, 2.05) is 54.6 Å². The van der Waals surface area contributed by atoms with Crippen LogP contribution in [0.4, 0.5) is 5.69 Å². The Morgan fingerprint density at radius 1 is 1.12 bits per heavy atom. The number of thioether (sulfide) groups is 1. The number of carbonyl (C=O) groups is 2. The molecule has 0 bridgehead atoms. The maximum atomic E-state index is 12.1. The number of anilines is 1. The van der Waals surface area contributed by atoms with E-state index >= 15 is 0 Å². The highest BCUT2D eigenvalue weighted by Gasteiger charge is 2.24. The van der Waals surface area contributed by atoms with E-state index in [-0.39, 0.29) is 18.2 Å². The fourth-order valence-corrected chi connectivity index (χ4v) is 3.37. The third-order valence-corrected chi connectivity index (χ3v) is 4.69. The highest BCUT2D eigenvalue weighted by atomic mass is 32.2. The van der Waals surface area contributed by atoms with Gasteiger partial charge in [-0.1, -0.05) is 42.5 Å². The van der Waals surface area contributed by atoms with Crippen LogP contribution in [0.25, 0.3) is 0 Å². The maximum absolute atomic E-state index is 12.1. The van der Waals surface area contributed by atoms with E-state index in [1.54, 1.807) is 4.90 Å². The Kier molecular flexibility index (Phi) is 5.51. The Bertz CT molecular complexity index is 721. The molecule has 24 heavy (non-hydrogen) atoms. The summed E-state index contributed by atoms with van der Waals surface area (Å²) in [4.78, 5) is 32.0. The molecule has 0 saturated heterocycles. The van der Waals surface area contributed by atoms with Gasteiger partial charge in [0, 0.05) is 17.9 Å². The van der Waals surface area contributed by atoms with Crippen molar-refractivity contribution in [1.29, 1.82) is 0 Å². The van der Waals surface area contributed by atoms with Gasteiger partial charge in [0.1, 0.15) is 0 Å². The minimum Gasteiger partial charge on any atom is -0.310 e. The van der Waals surface area contributed by atoms with E-state index < -0.39 is 0 Å². The largest absolute Gasteiger partial charge is 0.310 e. The van der Waals surface area contributed by atoms with E-state index in [2.05, 4.69) is 5.48 Å². The monoisotopic (exact) mass is 342 g/mol. The number of hydrogen-bond acceptors (Lipinski definition) is 4. The van der Waals surface area contributed by atoms with Crippen LogP contribution in [-0.4, -0.2) is 24.1 Å². The van der Waals surface area contributed by atoms with Crippen LogP contribution in [0.1, 0.15) is 12.0 Å². The lowest BCUT2D eigenvalue weighted by Gasteiger charge is -2.28. The van der Waals surface area contributed by atoms with Crippen LogP contribution in [0, 0.1) is 0 Å². The van der Waals surface area contributed by atoms with E-state index in [0.29, 0.717) is 18.9 Å². The molecule has 1 heterocycles. The van der Waals surface area contributed by atoms with Crippen LogP contribution in [-0.2, 0) is 21.0 Å². The number of nitrogens with zero attached hydrogens (tertiary/aromatic N) is 1. The lowest BCUT2D eigenvalue weighted by atomic mass is 10.2. The number of fused-ring (bicyclic) bond motifs is 1. The van der Waals surface area contributed by atoms with Gasteiger partial charge in [0.25, 0.3) is 0 Å². The standard InChI is InChI=1S/C18H18N2O3S/c21-17(19-23-12-14-6-2-1-3-7-14)10-11-20-15-8-4-5-9-16(15)24-13-18(20)22/h1-9H,10-13H2,(H,19,21). The van der Waals surface area contributed by atoms with E-state index in [0.717, 1.165) is 16.1 Å². The van der Waals surface area contributed by atoms with Gasteiger partial charge in [0.15, 0.2) is 0 Å². The molecule has 3 rings (SSSR count). The maximum Gasteiger partial charge on any atom is 0.245 e. The van der Waals surface area contributed by atoms with Crippen molar-refractivity contribution in [3.63, 3.8) is 0 Å². The Morgan fingerprint density at radius 3 is 2.71 bits per heavy atom. The van der Waals surface area contributed by atoms with Crippen LogP contribution in [0.3, 0.4) is 0 Å². The first-order valence-corrected chi connectivity index (χ1v) is 8.69. The SMILES string of the molecule is O=C(CCN1C(=O)CSc2ccccc21)NOCc1ccccc1. The van der Waals surface area contributed by atoms with Gasteiger partial charge in [-0.2, -0.15) is 0 Å². The molecular formula is C18H18N2O3S. The second kappa shape index (κ2) is 7.99. The molecule has 2 amide bonds. The summed E-state index contributed by atoms with van der Waals surface area (Å²) in [5.41, 5.74) is 4.28. The molecule has 1 aliphatic heterocycles. The zero-order valence-electron chi connectivity index (χ0n) is 13.1. The first kappa shape index (κ1) is 16.5. The number of hydroxylamine groups is 1. The predicted octanol–water partition coefficient (Wildman–Crippen LogP) is 2.76. The van der Waals surface area contributed by atoms with Crippen molar-refractivity contribution in [1.82, 2.24) is 5.48 Å². The molecule has 0 fully saturated rings. The minimum atomic E-state index is -0.241. The summed E-state index contributed by atoms with van der Waals surface area (Å²) in [6, 6.07) is 17.3. The molecule has 2 aromatic carbocycles. The molecule has 0 spiro atoms. The summed E-state index contributed by atoms with van der Waals surface area (Å²) < 4.78 is 0. The third-order valence-electron chi connectivity index (χ3n) is 3.64. The van der Waals surface area contributed by atoms with Crippen molar-refractivity contribution in [2.75, 3.05) is 17.2 Å². The molecular weight excluding hydrogens is 324 g/mol. The normalized spacial score (nSPS) is 13.5. The van der Waals surface area contributed by atoms with Crippen molar-refractivity contribution in [3.8, 4) is 0 Å². The molecule has 124 valence electrons. The number of hydrogen-bond donors (Lipinski definition) is 1. The predicted molar refractivity (Wildman–Crippen MR) is 93.5 cm³/mol. The van der Waals surface area contributed by atoms with E-state index in [4.69, 9.17) is 4.84 Å². The van der Waals surface area contributed by atoms with Crippen molar-refractivity contribution in [2.45, 2.75) is 17.9 Å². The molecule has 0 radical (unpaired) electrons. The molecule has 0 aromatic heterocycles. The van der Waals surface area contributed by atoms with Gasteiger partial charge < -0.3 is 4.90 Å². The van der Waals surface area contributed by atoms with Crippen LogP contribution in [0.5, 0.6) is 0 Å². The zero-order valence-corrected chi connectivity index (χ0v) is 13.9. The van der Waals surface area contributed by atoms with E-state index in [9.17, 15) is 9.59 Å². The molecule has 2 aromatic rings.